The first-order chi connectivity index (χ1) is 13.1. The van der Waals surface area contributed by atoms with Crippen LogP contribution in [0.3, 0.4) is 0 Å². The summed E-state index contributed by atoms with van der Waals surface area (Å²) in [6.07, 6.45) is 8.29. The highest BCUT2D eigenvalue weighted by atomic mass is 33.1. The van der Waals surface area contributed by atoms with E-state index in [0.717, 1.165) is 22.8 Å². The van der Waals surface area contributed by atoms with Crippen LogP contribution in [-0.2, 0) is 16.6 Å². The van der Waals surface area contributed by atoms with Crippen molar-refractivity contribution in [3.63, 3.8) is 0 Å². The fraction of sp³-hybridized carbons (Fsp3) is 0.333. The maximum atomic E-state index is 11.9. The summed E-state index contributed by atoms with van der Waals surface area (Å²) in [5, 5.41) is 0. The van der Waals surface area contributed by atoms with Crippen LogP contribution >= 0.6 is 21.6 Å². The van der Waals surface area contributed by atoms with E-state index in [-0.39, 0.29) is 11.9 Å². The van der Waals surface area contributed by atoms with Crippen molar-refractivity contribution in [2.45, 2.75) is 0 Å². The highest BCUT2D eigenvalue weighted by molar-refractivity contribution is 8.77. The number of esters is 1. The number of rotatable bonds is 7. The minimum atomic E-state index is -0.0594. The highest BCUT2D eigenvalue weighted by Gasteiger charge is 2.25. The molecule has 0 saturated carbocycles. The summed E-state index contributed by atoms with van der Waals surface area (Å²) >= 11 is 0. The zero-order chi connectivity index (χ0) is 19.1. The molecule has 0 unspecified atom stereocenters. The Kier molecular flexibility index (Phi) is 7.24. The molecule has 1 aromatic heterocycles. The number of carbonyl (C=O) groups is 1. The van der Waals surface area contributed by atoms with Crippen LogP contribution in [0.5, 0.6) is 0 Å². The van der Waals surface area contributed by atoms with Gasteiger partial charge in [-0.05, 0) is 23.3 Å². The topological polar surface area (TPSA) is 33.4 Å². The van der Waals surface area contributed by atoms with Gasteiger partial charge in [-0.3, -0.25) is 4.79 Å². The Bertz CT molecular complexity index is 770. The lowest BCUT2D eigenvalue weighted by Gasteiger charge is -2.19. The highest BCUT2D eigenvalue weighted by Crippen LogP contribution is 2.35. The molecule has 27 heavy (non-hydrogen) atoms. The molecule has 3 rings (SSSR count). The molecular formula is C21H25N2O2S2+. The third-order valence-corrected chi connectivity index (χ3v) is 6.99. The van der Waals surface area contributed by atoms with Gasteiger partial charge in [0.25, 0.3) is 0 Å². The summed E-state index contributed by atoms with van der Waals surface area (Å²) in [5.74, 6) is 1.74. The zero-order valence-electron chi connectivity index (χ0n) is 15.7. The van der Waals surface area contributed by atoms with Gasteiger partial charge < -0.3 is 9.64 Å². The Morgan fingerprint density at radius 1 is 1.11 bits per heavy atom. The maximum Gasteiger partial charge on any atom is 0.310 e. The Hall–Kier alpha value is -1.92. The average molecular weight is 402 g/mol. The number of aryl methyl sites for hydroxylation is 1. The van der Waals surface area contributed by atoms with E-state index in [9.17, 15) is 4.79 Å². The number of likely N-dealkylation sites (N-methyl/N-ethyl adjacent to an activating group) is 1. The van der Waals surface area contributed by atoms with Gasteiger partial charge in [-0.1, -0.05) is 45.9 Å². The van der Waals surface area contributed by atoms with Gasteiger partial charge in [0.1, 0.15) is 13.7 Å². The number of hydrogen-bond donors (Lipinski definition) is 0. The number of anilines is 1. The SMILES string of the molecule is CN(CCOC(=O)C1CSSC1)c1ccc(/C=C/c2cc[n+](C)cc2)cc1. The van der Waals surface area contributed by atoms with Crippen LogP contribution in [-0.4, -0.2) is 37.7 Å². The number of hydrogen-bond acceptors (Lipinski definition) is 5. The Morgan fingerprint density at radius 3 is 2.33 bits per heavy atom. The Morgan fingerprint density at radius 2 is 1.70 bits per heavy atom. The number of ether oxygens (including phenoxy) is 1. The van der Waals surface area contributed by atoms with E-state index >= 15 is 0 Å². The number of carbonyl (C=O) groups excluding carboxylic acids is 1. The summed E-state index contributed by atoms with van der Waals surface area (Å²) < 4.78 is 7.44. The molecule has 0 bridgehead atoms. The molecule has 2 heterocycles. The lowest BCUT2D eigenvalue weighted by atomic mass is 10.1. The van der Waals surface area contributed by atoms with Crippen LogP contribution in [0.25, 0.3) is 12.2 Å². The zero-order valence-corrected chi connectivity index (χ0v) is 17.3. The molecule has 0 N–H and O–H groups in total. The Balaban J connectivity index is 1.47. The third kappa shape index (κ3) is 6.04. The summed E-state index contributed by atoms with van der Waals surface area (Å²) in [5.41, 5.74) is 3.44. The summed E-state index contributed by atoms with van der Waals surface area (Å²) in [4.78, 5) is 14.0. The molecule has 0 radical (unpaired) electrons. The molecule has 6 heteroatoms. The van der Waals surface area contributed by atoms with E-state index in [0.29, 0.717) is 13.2 Å². The van der Waals surface area contributed by atoms with E-state index < -0.39 is 0 Å². The van der Waals surface area contributed by atoms with Crippen LogP contribution in [0.4, 0.5) is 5.69 Å². The fourth-order valence-electron chi connectivity index (χ4n) is 2.63. The van der Waals surface area contributed by atoms with Crippen LogP contribution in [0.1, 0.15) is 11.1 Å². The lowest BCUT2D eigenvalue weighted by Crippen LogP contribution is -2.26. The van der Waals surface area contributed by atoms with Crippen molar-refractivity contribution in [3.8, 4) is 0 Å². The van der Waals surface area contributed by atoms with E-state index in [2.05, 4.69) is 53.5 Å². The minimum Gasteiger partial charge on any atom is -0.464 e. The molecule has 1 aromatic carbocycles. The standard InChI is InChI=1S/C21H25N2O2S2/c1-22-11-9-18(10-12-22)4-3-17-5-7-20(8-6-17)23(2)13-14-25-21(24)19-15-26-27-16-19/h3-12,19H,13-16H2,1-2H3/q+1. The molecule has 0 atom stereocenters. The molecule has 1 aliphatic rings. The fourth-order valence-corrected chi connectivity index (χ4v) is 5.37. The van der Waals surface area contributed by atoms with Gasteiger partial charge in [-0.25, -0.2) is 4.57 Å². The summed E-state index contributed by atoms with van der Waals surface area (Å²) in [6, 6.07) is 12.6. The van der Waals surface area contributed by atoms with Gasteiger partial charge in [-0.2, -0.15) is 0 Å². The van der Waals surface area contributed by atoms with Gasteiger partial charge in [0.2, 0.25) is 0 Å². The normalized spacial score (nSPS) is 14.6. The second-order valence-electron chi connectivity index (χ2n) is 6.58. The predicted molar refractivity (Wildman–Crippen MR) is 116 cm³/mol. The van der Waals surface area contributed by atoms with Gasteiger partial charge in [0.15, 0.2) is 12.4 Å². The molecule has 0 amide bonds. The first-order valence-electron chi connectivity index (χ1n) is 8.97. The Labute approximate surface area is 169 Å². The molecule has 142 valence electrons. The molecule has 4 nitrogen and oxygen atoms in total. The third-order valence-electron chi connectivity index (χ3n) is 4.43. The van der Waals surface area contributed by atoms with Crippen molar-refractivity contribution < 1.29 is 14.1 Å². The molecular weight excluding hydrogens is 376 g/mol. The van der Waals surface area contributed by atoms with Crippen molar-refractivity contribution >= 4 is 45.4 Å². The van der Waals surface area contributed by atoms with E-state index in [4.69, 9.17) is 4.74 Å². The maximum absolute atomic E-state index is 11.9. The minimum absolute atomic E-state index is 0.0588. The van der Waals surface area contributed by atoms with Crippen LogP contribution in [0.15, 0.2) is 48.8 Å². The lowest BCUT2D eigenvalue weighted by molar-refractivity contribution is -0.671. The monoisotopic (exact) mass is 401 g/mol. The summed E-state index contributed by atoms with van der Waals surface area (Å²) in [7, 11) is 7.53. The van der Waals surface area contributed by atoms with Crippen molar-refractivity contribution in [2.75, 3.05) is 36.6 Å². The largest absolute Gasteiger partial charge is 0.464 e. The summed E-state index contributed by atoms with van der Waals surface area (Å²) in [6.45, 7) is 1.11. The number of benzene rings is 1. The quantitative estimate of drug-likeness (QED) is 0.402. The molecule has 2 aromatic rings. The number of aromatic nitrogens is 1. The van der Waals surface area contributed by atoms with Gasteiger partial charge >= 0.3 is 5.97 Å². The molecule has 1 saturated heterocycles. The average Bonchev–Trinajstić information content (AvgIpc) is 3.23. The number of nitrogens with zero attached hydrogens (tertiary/aromatic N) is 2. The second kappa shape index (κ2) is 9.85. The van der Waals surface area contributed by atoms with Crippen LogP contribution in [0, 0.1) is 5.92 Å². The van der Waals surface area contributed by atoms with Gasteiger partial charge in [0, 0.05) is 36.4 Å². The first-order valence-corrected chi connectivity index (χ1v) is 11.5. The predicted octanol–water partition coefficient (Wildman–Crippen LogP) is 3.67. The van der Waals surface area contributed by atoms with Crippen LogP contribution in [0.2, 0.25) is 0 Å². The molecule has 1 aliphatic heterocycles. The van der Waals surface area contributed by atoms with E-state index in [1.54, 1.807) is 21.6 Å². The van der Waals surface area contributed by atoms with E-state index in [1.807, 2.05) is 31.1 Å². The first kappa shape index (κ1) is 19.8. The van der Waals surface area contributed by atoms with Crippen molar-refractivity contribution in [1.82, 2.24) is 0 Å². The van der Waals surface area contributed by atoms with Crippen molar-refractivity contribution in [3.05, 3.63) is 59.9 Å². The van der Waals surface area contributed by atoms with Crippen LogP contribution < -0.4 is 9.47 Å². The smallest absolute Gasteiger partial charge is 0.310 e. The second-order valence-corrected chi connectivity index (χ2v) is 9.13. The van der Waals surface area contributed by atoms with Gasteiger partial charge in [0.05, 0.1) is 12.5 Å². The van der Waals surface area contributed by atoms with Gasteiger partial charge in [-0.15, -0.1) is 0 Å². The molecule has 1 fully saturated rings. The molecule has 0 aliphatic carbocycles. The van der Waals surface area contributed by atoms with Crippen molar-refractivity contribution in [1.29, 1.82) is 0 Å². The van der Waals surface area contributed by atoms with E-state index in [1.165, 1.54) is 5.56 Å². The molecule has 0 spiro atoms. The van der Waals surface area contributed by atoms with Crippen molar-refractivity contribution in [2.24, 2.45) is 13.0 Å². The number of pyridine rings is 1.